The third kappa shape index (κ3) is 2.33. The van der Waals surface area contributed by atoms with E-state index >= 15 is 0 Å². The van der Waals surface area contributed by atoms with Crippen LogP contribution >= 0.6 is 0 Å². The van der Waals surface area contributed by atoms with Crippen LogP contribution in [0.4, 0.5) is 13.2 Å². The number of benzene rings is 1. The molecule has 0 aromatic heterocycles. The summed E-state index contributed by atoms with van der Waals surface area (Å²) in [5, 5.41) is 18.3. The molecule has 0 saturated heterocycles. The second-order valence-corrected chi connectivity index (χ2v) is 2.84. The van der Waals surface area contributed by atoms with Crippen LogP contribution in [0.3, 0.4) is 0 Å². The van der Waals surface area contributed by atoms with Crippen molar-refractivity contribution in [2.75, 3.05) is 7.11 Å². The molecule has 0 aliphatic heterocycles. The molecule has 1 atom stereocenters. The van der Waals surface area contributed by atoms with E-state index in [0.29, 0.717) is 0 Å². The summed E-state index contributed by atoms with van der Waals surface area (Å²) >= 11 is 0. The molecule has 1 rings (SSSR count). The number of ether oxygens (including phenoxy) is 1. The summed E-state index contributed by atoms with van der Waals surface area (Å²) in [6.07, 6.45) is -7.53. The normalized spacial score (nSPS) is 13.7. The first-order valence-electron chi connectivity index (χ1n) is 3.98. The first-order valence-corrected chi connectivity index (χ1v) is 3.98. The summed E-state index contributed by atoms with van der Waals surface area (Å²) < 4.78 is 41.1. The minimum Gasteiger partial charge on any atom is -0.504 e. The van der Waals surface area contributed by atoms with Crippen molar-refractivity contribution >= 4 is 0 Å². The zero-order chi connectivity index (χ0) is 11.6. The maximum Gasteiger partial charge on any atom is 0.418 e. The predicted octanol–water partition coefficient (Wildman–Crippen LogP) is 2.00. The van der Waals surface area contributed by atoms with Crippen molar-refractivity contribution in [1.29, 1.82) is 0 Å². The van der Waals surface area contributed by atoms with Crippen LogP contribution < -0.4 is 4.74 Å². The van der Waals surface area contributed by atoms with Gasteiger partial charge in [0.25, 0.3) is 0 Å². The Bertz CT molecular complexity index is 349. The predicted molar refractivity (Wildman–Crippen MR) is 45.7 cm³/mol. The van der Waals surface area contributed by atoms with E-state index < -0.39 is 23.6 Å². The molecule has 1 aromatic rings. The minimum absolute atomic E-state index is 0.115. The summed E-state index contributed by atoms with van der Waals surface area (Å²) in [7, 11) is 1.21. The van der Waals surface area contributed by atoms with Crippen LogP contribution in [-0.4, -0.2) is 23.5 Å². The van der Waals surface area contributed by atoms with Gasteiger partial charge in [-0.3, -0.25) is 0 Å². The van der Waals surface area contributed by atoms with Crippen molar-refractivity contribution in [3.05, 3.63) is 23.8 Å². The number of hydrogen-bond donors (Lipinski definition) is 2. The van der Waals surface area contributed by atoms with Crippen molar-refractivity contribution in [2.24, 2.45) is 0 Å². The van der Waals surface area contributed by atoms with Gasteiger partial charge in [-0.2, -0.15) is 13.2 Å². The number of alkyl halides is 3. The van der Waals surface area contributed by atoms with Crippen LogP contribution in [0.5, 0.6) is 11.5 Å². The summed E-state index contributed by atoms with van der Waals surface area (Å²) in [4.78, 5) is 0. The third-order valence-corrected chi connectivity index (χ3v) is 1.85. The van der Waals surface area contributed by atoms with Gasteiger partial charge >= 0.3 is 6.18 Å². The highest BCUT2D eigenvalue weighted by atomic mass is 19.4. The fourth-order valence-corrected chi connectivity index (χ4v) is 1.10. The topological polar surface area (TPSA) is 49.7 Å². The van der Waals surface area contributed by atoms with Gasteiger partial charge in [0.15, 0.2) is 17.6 Å². The average molecular weight is 222 g/mol. The maximum absolute atomic E-state index is 12.1. The van der Waals surface area contributed by atoms with E-state index in [-0.39, 0.29) is 5.75 Å². The molecule has 1 aromatic carbocycles. The van der Waals surface area contributed by atoms with Gasteiger partial charge in [-0.25, -0.2) is 0 Å². The van der Waals surface area contributed by atoms with E-state index in [1.54, 1.807) is 0 Å². The SMILES string of the molecule is COc1cccc(C(O)C(F)(F)F)c1O. The third-order valence-electron chi connectivity index (χ3n) is 1.85. The maximum atomic E-state index is 12.1. The number of hydrogen-bond acceptors (Lipinski definition) is 3. The minimum atomic E-state index is -4.82. The lowest BCUT2D eigenvalue weighted by Crippen LogP contribution is -2.20. The van der Waals surface area contributed by atoms with E-state index in [1.165, 1.54) is 19.2 Å². The molecule has 0 aliphatic rings. The Morgan fingerprint density at radius 2 is 1.93 bits per heavy atom. The molecule has 0 amide bonds. The molecule has 0 radical (unpaired) electrons. The van der Waals surface area contributed by atoms with Gasteiger partial charge in [-0.1, -0.05) is 12.1 Å². The van der Waals surface area contributed by atoms with Crippen LogP contribution in [0.2, 0.25) is 0 Å². The van der Waals surface area contributed by atoms with Crippen LogP contribution in [0.1, 0.15) is 11.7 Å². The van der Waals surface area contributed by atoms with Gasteiger partial charge in [0, 0.05) is 5.56 Å². The second kappa shape index (κ2) is 3.98. The Morgan fingerprint density at radius 1 is 1.33 bits per heavy atom. The lowest BCUT2D eigenvalue weighted by molar-refractivity contribution is -0.207. The van der Waals surface area contributed by atoms with E-state index in [1.807, 2.05) is 0 Å². The first-order chi connectivity index (χ1) is 6.88. The highest BCUT2D eigenvalue weighted by Crippen LogP contribution is 2.40. The summed E-state index contributed by atoms with van der Waals surface area (Å²) in [6.45, 7) is 0. The Morgan fingerprint density at radius 3 is 2.40 bits per heavy atom. The Labute approximate surface area is 83.7 Å². The molecular formula is C9H9F3O3. The number of methoxy groups -OCH3 is 1. The van der Waals surface area contributed by atoms with Crippen molar-refractivity contribution in [2.45, 2.75) is 12.3 Å². The van der Waals surface area contributed by atoms with Gasteiger partial charge in [0.1, 0.15) is 0 Å². The Kier molecular flexibility index (Phi) is 3.09. The second-order valence-electron chi connectivity index (χ2n) is 2.84. The average Bonchev–Trinajstić information content (AvgIpc) is 2.16. The molecule has 0 heterocycles. The summed E-state index contributed by atoms with van der Waals surface area (Å²) in [6, 6.07) is 3.53. The first kappa shape index (κ1) is 11.6. The van der Waals surface area contributed by atoms with Crippen LogP contribution in [-0.2, 0) is 0 Å². The van der Waals surface area contributed by atoms with E-state index in [9.17, 15) is 18.3 Å². The molecule has 0 aliphatic carbocycles. The van der Waals surface area contributed by atoms with E-state index in [2.05, 4.69) is 4.74 Å². The number of halogens is 3. The smallest absolute Gasteiger partial charge is 0.418 e. The van der Waals surface area contributed by atoms with Crippen molar-refractivity contribution < 1.29 is 28.1 Å². The monoisotopic (exact) mass is 222 g/mol. The zero-order valence-corrected chi connectivity index (χ0v) is 7.75. The lowest BCUT2D eigenvalue weighted by atomic mass is 10.1. The van der Waals surface area contributed by atoms with Gasteiger partial charge in [-0.05, 0) is 6.07 Å². The molecule has 2 N–H and O–H groups in total. The van der Waals surface area contributed by atoms with E-state index in [4.69, 9.17) is 5.11 Å². The molecule has 0 saturated carbocycles. The van der Waals surface area contributed by atoms with Crippen molar-refractivity contribution in [3.63, 3.8) is 0 Å². The zero-order valence-electron chi connectivity index (χ0n) is 7.75. The van der Waals surface area contributed by atoms with Gasteiger partial charge in [-0.15, -0.1) is 0 Å². The van der Waals surface area contributed by atoms with Gasteiger partial charge in [0.2, 0.25) is 0 Å². The molecule has 0 fully saturated rings. The van der Waals surface area contributed by atoms with Gasteiger partial charge < -0.3 is 14.9 Å². The molecule has 84 valence electrons. The summed E-state index contributed by atoms with van der Waals surface area (Å²) in [5.41, 5.74) is -0.623. The van der Waals surface area contributed by atoms with Crippen LogP contribution in [0.25, 0.3) is 0 Å². The van der Waals surface area contributed by atoms with Crippen molar-refractivity contribution in [3.8, 4) is 11.5 Å². The molecule has 0 spiro atoms. The highest BCUT2D eigenvalue weighted by molar-refractivity contribution is 5.46. The van der Waals surface area contributed by atoms with Crippen molar-refractivity contribution in [1.82, 2.24) is 0 Å². The number of aliphatic hydroxyl groups excluding tert-OH is 1. The summed E-state index contributed by atoms with van der Waals surface area (Å²) in [5.74, 6) is -0.819. The van der Waals surface area contributed by atoms with Crippen LogP contribution in [0, 0.1) is 0 Å². The number of phenolic OH excluding ortho intramolecular Hbond substituents is 1. The highest BCUT2D eigenvalue weighted by Gasteiger charge is 2.41. The Hall–Kier alpha value is -1.43. The number of aliphatic hydroxyl groups is 1. The Balaban J connectivity index is 3.15. The number of phenols is 1. The molecule has 3 nitrogen and oxygen atoms in total. The fourth-order valence-electron chi connectivity index (χ4n) is 1.10. The quantitative estimate of drug-likeness (QED) is 0.804. The van der Waals surface area contributed by atoms with E-state index in [0.717, 1.165) is 6.07 Å². The van der Waals surface area contributed by atoms with Crippen LogP contribution in [0.15, 0.2) is 18.2 Å². The molecule has 0 bridgehead atoms. The number of aromatic hydroxyl groups is 1. The molecular weight excluding hydrogens is 213 g/mol. The lowest BCUT2D eigenvalue weighted by Gasteiger charge is -2.16. The molecule has 6 heteroatoms. The largest absolute Gasteiger partial charge is 0.504 e. The fraction of sp³-hybridized carbons (Fsp3) is 0.333. The van der Waals surface area contributed by atoms with Gasteiger partial charge in [0.05, 0.1) is 7.11 Å². The molecule has 1 unspecified atom stereocenters. The standard InChI is InChI=1S/C9H9F3O3/c1-15-6-4-2-3-5(7(6)13)8(14)9(10,11)12/h2-4,8,13-14H,1H3. The molecule has 15 heavy (non-hydrogen) atoms. The number of rotatable bonds is 2. The number of para-hydroxylation sites is 1.